The van der Waals surface area contributed by atoms with E-state index in [-0.39, 0.29) is 5.91 Å². The topological polar surface area (TPSA) is 32.3 Å². The van der Waals surface area contributed by atoms with E-state index < -0.39 is 0 Å². The fourth-order valence-corrected chi connectivity index (χ4v) is 2.52. The molecule has 1 spiro atoms. The fourth-order valence-electron chi connectivity index (χ4n) is 2.52. The number of amides is 1. The summed E-state index contributed by atoms with van der Waals surface area (Å²) in [6, 6.07) is 0. The summed E-state index contributed by atoms with van der Waals surface area (Å²) in [5, 5.41) is 3.39. The minimum Gasteiger partial charge on any atom is -0.339 e. The zero-order valence-electron chi connectivity index (χ0n) is 8.75. The fraction of sp³-hybridized carbons (Fsp3) is 0.727. The van der Waals surface area contributed by atoms with E-state index in [0.29, 0.717) is 5.41 Å². The van der Waals surface area contributed by atoms with Gasteiger partial charge in [0.25, 0.3) is 0 Å². The molecule has 2 heterocycles. The highest BCUT2D eigenvalue weighted by atomic mass is 16.2. The van der Waals surface area contributed by atoms with Crippen molar-refractivity contribution in [2.24, 2.45) is 5.41 Å². The van der Waals surface area contributed by atoms with Crippen LogP contribution in [0.5, 0.6) is 0 Å². The van der Waals surface area contributed by atoms with Crippen molar-refractivity contribution in [3.63, 3.8) is 0 Å². The Hall–Kier alpha value is -0.830. The predicted molar refractivity (Wildman–Crippen MR) is 55.9 cm³/mol. The van der Waals surface area contributed by atoms with E-state index in [1.807, 2.05) is 17.9 Å². The second-order valence-corrected chi connectivity index (χ2v) is 4.44. The molecule has 2 aliphatic heterocycles. The van der Waals surface area contributed by atoms with Crippen LogP contribution in [0.2, 0.25) is 0 Å². The smallest absolute Gasteiger partial charge is 0.246 e. The van der Waals surface area contributed by atoms with Crippen molar-refractivity contribution in [2.75, 3.05) is 26.2 Å². The van der Waals surface area contributed by atoms with Crippen LogP contribution in [0.3, 0.4) is 0 Å². The third-order valence-corrected chi connectivity index (χ3v) is 3.39. The molecule has 1 amide bonds. The van der Waals surface area contributed by atoms with Crippen LogP contribution in [-0.2, 0) is 4.79 Å². The average molecular weight is 194 g/mol. The van der Waals surface area contributed by atoms with Crippen molar-refractivity contribution >= 4 is 5.91 Å². The van der Waals surface area contributed by atoms with Crippen LogP contribution in [0.1, 0.15) is 19.8 Å². The molecule has 78 valence electrons. The van der Waals surface area contributed by atoms with Gasteiger partial charge >= 0.3 is 0 Å². The number of allylic oxidation sites excluding steroid dienone is 1. The van der Waals surface area contributed by atoms with Gasteiger partial charge < -0.3 is 10.2 Å². The van der Waals surface area contributed by atoms with Gasteiger partial charge in [0.15, 0.2) is 0 Å². The molecule has 3 heteroatoms. The van der Waals surface area contributed by atoms with Gasteiger partial charge in [-0.15, -0.1) is 0 Å². The van der Waals surface area contributed by atoms with Crippen LogP contribution in [0.25, 0.3) is 0 Å². The van der Waals surface area contributed by atoms with Crippen LogP contribution in [0.15, 0.2) is 12.2 Å². The number of hydrogen-bond acceptors (Lipinski definition) is 2. The molecule has 2 saturated heterocycles. The van der Waals surface area contributed by atoms with E-state index in [0.717, 1.165) is 26.2 Å². The van der Waals surface area contributed by atoms with Crippen LogP contribution in [0.4, 0.5) is 0 Å². The highest BCUT2D eigenvalue weighted by Crippen LogP contribution is 2.35. The summed E-state index contributed by atoms with van der Waals surface area (Å²) in [4.78, 5) is 13.6. The van der Waals surface area contributed by atoms with Crippen molar-refractivity contribution in [1.82, 2.24) is 10.2 Å². The Kier molecular flexibility index (Phi) is 2.59. The number of carbonyl (C=O) groups excluding carboxylic acids is 1. The van der Waals surface area contributed by atoms with Crippen molar-refractivity contribution in [1.29, 1.82) is 0 Å². The maximum absolute atomic E-state index is 11.6. The van der Waals surface area contributed by atoms with Gasteiger partial charge in [0.2, 0.25) is 5.91 Å². The first-order valence-corrected chi connectivity index (χ1v) is 5.38. The van der Waals surface area contributed by atoms with Gasteiger partial charge in [0, 0.05) is 25.0 Å². The van der Waals surface area contributed by atoms with Crippen molar-refractivity contribution < 1.29 is 4.79 Å². The molecular weight excluding hydrogens is 176 g/mol. The second kappa shape index (κ2) is 3.73. The summed E-state index contributed by atoms with van der Waals surface area (Å²) < 4.78 is 0. The monoisotopic (exact) mass is 194 g/mol. The molecule has 2 rings (SSSR count). The van der Waals surface area contributed by atoms with Crippen molar-refractivity contribution in [3.05, 3.63) is 12.2 Å². The molecule has 3 nitrogen and oxygen atoms in total. The minimum absolute atomic E-state index is 0.177. The number of likely N-dealkylation sites (tertiary alicyclic amines) is 1. The van der Waals surface area contributed by atoms with Gasteiger partial charge in [-0.25, -0.2) is 0 Å². The summed E-state index contributed by atoms with van der Waals surface area (Å²) in [6.07, 6.45) is 5.89. The molecular formula is C11H18N2O. The van der Waals surface area contributed by atoms with E-state index in [9.17, 15) is 4.79 Å². The summed E-state index contributed by atoms with van der Waals surface area (Å²) in [5.41, 5.74) is 0.400. The number of nitrogens with one attached hydrogen (secondary N) is 1. The van der Waals surface area contributed by atoms with Crippen LogP contribution in [-0.4, -0.2) is 37.0 Å². The molecule has 0 aliphatic carbocycles. The van der Waals surface area contributed by atoms with Gasteiger partial charge in [0.1, 0.15) is 0 Å². The Labute approximate surface area is 85.2 Å². The van der Waals surface area contributed by atoms with E-state index in [2.05, 4.69) is 5.32 Å². The number of nitrogens with zero attached hydrogens (tertiary/aromatic N) is 1. The lowest BCUT2D eigenvalue weighted by atomic mass is 9.87. The first-order chi connectivity index (χ1) is 6.76. The van der Waals surface area contributed by atoms with Crippen molar-refractivity contribution in [3.8, 4) is 0 Å². The Morgan fingerprint density at radius 2 is 2.36 bits per heavy atom. The van der Waals surface area contributed by atoms with Gasteiger partial charge in [-0.2, -0.15) is 0 Å². The standard InChI is InChI=1S/C11H18N2O/c1-2-3-10(14)13-7-5-11(9-13)4-6-12-8-11/h2-3,12H,4-9H2,1H3/b3-2+. The summed E-state index contributed by atoms with van der Waals surface area (Å²) >= 11 is 0. The van der Waals surface area contributed by atoms with Crippen LogP contribution >= 0.6 is 0 Å². The molecule has 1 atom stereocenters. The second-order valence-electron chi connectivity index (χ2n) is 4.44. The van der Waals surface area contributed by atoms with E-state index >= 15 is 0 Å². The molecule has 0 aromatic heterocycles. The molecule has 2 fully saturated rings. The Balaban J connectivity index is 1.97. The third kappa shape index (κ3) is 1.69. The first kappa shape index (κ1) is 9.71. The van der Waals surface area contributed by atoms with Gasteiger partial charge in [-0.1, -0.05) is 6.08 Å². The zero-order chi connectivity index (χ0) is 10.0. The number of rotatable bonds is 1. The molecule has 1 N–H and O–H groups in total. The molecule has 0 bridgehead atoms. The predicted octanol–water partition coefficient (Wildman–Crippen LogP) is 0.774. The average Bonchev–Trinajstić information content (AvgIpc) is 2.78. The van der Waals surface area contributed by atoms with Gasteiger partial charge in [-0.05, 0) is 32.4 Å². The largest absolute Gasteiger partial charge is 0.339 e. The maximum Gasteiger partial charge on any atom is 0.246 e. The molecule has 0 radical (unpaired) electrons. The number of hydrogen-bond donors (Lipinski definition) is 1. The van der Waals surface area contributed by atoms with Crippen molar-refractivity contribution in [2.45, 2.75) is 19.8 Å². The van der Waals surface area contributed by atoms with Crippen LogP contribution in [0, 0.1) is 5.41 Å². The quantitative estimate of drug-likeness (QED) is 0.625. The minimum atomic E-state index is 0.177. The Bertz CT molecular complexity index is 254. The van der Waals surface area contributed by atoms with Gasteiger partial charge in [0.05, 0.1) is 0 Å². The Morgan fingerprint density at radius 1 is 1.50 bits per heavy atom. The third-order valence-electron chi connectivity index (χ3n) is 3.39. The summed E-state index contributed by atoms with van der Waals surface area (Å²) in [5.74, 6) is 0.177. The summed E-state index contributed by atoms with van der Waals surface area (Å²) in [7, 11) is 0. The maximum atomic E-state index is 11.6. The highest BCUT2D eigenvalue weighted by Gasteiger charge is 2.41. The van der Waals surface area contributed by atoms with E-state index in [1.165, 1.54) is 12.8 Å². The molecule has 0 aromatic carbocycles. The zero-order valence-corrected chi connectivity index (χ0v) is 8.75. The lowest BCUT2D eigenvalue weighted by Gasteiger charge is -2.21. The number of carbonyl (C=O) groups is 1. The van der Waals surface area contributed by atoms with E-state index in [1.54, 1.807) is 6.08 Å². The molecule has 0 saturated carbocycles. The normalized spacial score (nSPS) is 32.2. The van der Waals surface area contributed by atoms with E-state index in [4.69, 9.17) is 0 Å². The molecule has 2 aliphatic rings. The first-order valence-electron chi connectivity index (χ1n) is 5.38. The molecule has 0 aromatic rings. The molecule has 14 heavy (non-hydrogen) atoms. The van der Waals surface area contributed by atoms with Crippen LogP contribution < -0.4 is 5.32 Å². The van der Waals surface area contributed by atoms with Gasteiger partial charge in [-0.3, -0.25) is 4.79 Å². The highest BCUT2D eigenvalue weighted by molar-refractivity contribution is 5.87. The lowest BCUT2D eigenvalue weighted by molar-refractivity contribution is -0.125. The SMILES string of the molecule is C/C=C/C(=O)N1CCC2(CCNC2)C1. The Morgan fingerprint density at radius 3 is 3.00 bits per heavy atom. The molecule has 1 unspecified atom stereocenters. The lowest BCUT2D eigenvalue weighted by Crippen LogP contribution is -2.32. The summed E-state index contributed by atoms with van der Waals surface area (Å²) in [6.45, 7) is 5.98.